The lowest BCUT2D eigenvalue weighted by Crippen LogP contribution is -2.55. The molecule has 1 N–H and O–H groups in total. The molecule has 2 bridgehead atoms. The summed E-state index contributed by atoms with van der Waals surface area (Å²) < 4.78 is 5.44. The number of H-pyrrole nitrogens is 1. The van der Waals surface area contributed by atoms with E-state index in [1.807, 2.05) is 6.07 Å². The number of aromatic amines is 1. The van der Waals surface area contributed by atoms with Crippen LogP contribution < -0.4 is 4.74 Å². The number of rotatable bonds is 2. The number of hydrogen-bond donors (Lipinski definition) is 1. The van der Waals surface area contributed by atoms with Crippen molar-refractivity contribution in [1.29, 1.82) is 0 Å². The predicted molar refractivity (Wildman–Crippen MR) is 97.9 cm³/mol. The molecule has 0 radical (unpaired) electrons. The normalized spacial score (nSPS) is 31.7. The minimum atomic E-state index is 0.110. The second kappa shape index (κ2) is 5.34. The molecule has 5 rings (SSSR count). The summed E-state index contributed by atoms with van der Waals surface area (Å²) in [6.07, 6.45) is 4.91. The highest BCUT2D eigenvalue weighted by atomic mass is 16.5. The van der Waals surface area contributed by atoms with Gasteiger partial charge < -0.3 is 9.72 Å². The Labute approximate surface area is 148 Å². The lowest BCUT2D eigenvalue weighted by atomic mass is 9.59. The maximum absolute atomic E-state index is 12.4. The molecule has 1 aromatic heterocycles. The zero-order valence-electron chi connectivity index (χ0n) is 15.1. The van der Waals surface area contributed by atoms with Crippen LogP contribution in [0.25, 0.3) is 10.9 Å². The van der Waals surface area contributed by atoms with Gasteiger partial charge in [-0.25, -0.2) is 0 Å². The lowest BCUT2D eigenvalue weighted by molar-refractivity contribution is -0.135. The third-order valence-corrected chi connectivity index (χ3v) is 6.97. The summed E-state index contributed by atoms with van der Waals surface area (Å²) in [5, 5.41) is 1.30. The molecule has 0 unspecified atom stereocenters. The smallest absolute Gasteiger partial charge is 0.133 e. The third kappa shape index (κ3) is 2.13. The van der Waals surface area contributed by atoms with Crippen molar-refractivity contribution in [3.05, 3.63) is 29.5 Å². The van der Waals surface area contributed by atoms with Crippen LogP contribution in [-0.2, 0) is 11.2 Å². The molecule has 1 saturated carbocycles. The number of nitrogens with one attached hydrogen (secondary N) is 1. The molecule has 1 saturated heterocycles. The van der Waals surface area contributed by atoms with Crippen LogP contribution in [0, 0.1) is 11.3 Å². The van der Waals surface area contributed by atoms with Crippen molar-refractivity contribution in [2.24, 2.45) is 11.3 Å². The zero-order chi connectivity index (χ0) is 17.2. The fraction of sp³-hybridized carbons (Fsp3) is 0.571. The van der Waals surface area contributed by atoms with E-state index in [1.165, 1.54) is 28.6 Å². The number of ketones is 1. The first-order valence-corrected chi connectivity index (χ1v) is 9.58. The number of carbonyl (C=O) groups is 1. The molecule has 2 aromatic rings. The van der Waals surface area contributed by atoms with Crippen molar-refractivity contribution in [2.45, 2.75) is 45.1 Å². The molecule has 3 heterocycles. The maximum atomic E-state index is 12.4. The first-order chi connectivity index (χ1) is 12.1. The Balaban J connectivity index is 1.68. The Hall–Kier alpha value is -1.81. The van der Waals surface area contributed by atoms with Crippen LogP contribution in [0.2, 0.25) is 0 Å². The number of hydrogen-bond acceptors (Lipinski definition) is 3. The van der Waals surface area contributed by atoms with E-state index in [1.54, 1.807) is 7.11 Å². The first-order valence-electron chi connectivity index (χ1n) is 9.58. The Morgan fingerprint density at radius 1 is 1.40 bits per heavy atom. The van der Waals surface area contributed by atoms with E-state index in [0.717, 1.165) is 44.5 Å². The number of carbonyl (C=O) groups excluding carboxylic acids is 1. The van der Waals surface area contributed by atoms with Gasteiger partial charge in [-0.05, 0) is 54.4 Å². The van der Waals surface area contributed by atoms with E-state index >= 15 is 0 Å². The summed E-state index contributed by atoms with van der Waals surface area (Å²) in [6.45, 7) is 4.46. The topological polar surface area (TPSA) is 45.3 Å². The molecule has 1 aliphatic carbocycles. The monoisotopic (exact) mass is 338 g/mol. The molecule has 2 aliphatic heterocycles. The average Bonchev–Trinajstić information content (AvgIpc) is 2.98. The molecule has 0 spiro atoms. The number of nitrogens with zero attached hydrogens (tertiary/aromatic N) is 1. The Kier molecular flexibility index (Phi) is 3.30. The number of Topliss-reactive ketones (excluding diaryl/α,β-unsaturated/α-hetero) is 1. The van der Waals surface area contributed by atoms with E-state index in [0.29, 0.717) is 17.7 Å². The van der Waals surface area contributed by atoms with Crippen LogP contribution in [0.15, 0.2) is 18.2 Å². The highest BCUT2D eigenvalue weighted by molar-refractivity contribution is 5.87. The SMILES string of the molecule is CC[C@]12CC(=O)C[C@H](CN3CCc4c([nH]c5ccc(OC)cc45)[C@@H]31)C2. The van der Waals surface area contributed by atoms with E-state index in [2.05, 4.69) is 28.9 Å². The summed E-state index contributed by atoms with van der Waals surface area (Å²) >= 11 is 0. The standard InChI is InChI=1S/C21H26N2O2/c1-3-21-10-13(8-14(24)11-21)12-23-7-6-16-17-9-15(25-2)4-5-18(17)22-19(16)20(21)23/h4-5,9,13,20,22H,3,6-8,10-12H2,1-2H3/t13-,20+,21-/m0/s1. The van der Waals surface area contributed by atoms with Crippen LogP contribution in [0.3, 0.4) is 0 Å². The summed E-state index contributed by atoms with van der Waals surface area (Å²) in [7, 11) is 1.73. The van der Waals surface area contributed by atoms with Gasteiger partial charge in [-0.1, -0.05) is 6.92 Å². The largest absolute Gasteiger partial charge is 0.497 e. The number of benzene rings is 1. The fourth-order valence-electron chi connectivity index (χ4n) is 5.97. The minimum absolute atomic E-state index is 0.110. The summed E-state index contributed by atoms with van der Waals surface area (Å²) in [6, 6.07) is 6.68. The van der Waals surface area contributed by atoms with Crippen LogP contribution in [-0.4, -0.2) is 35.9 Å². The maximum Gasteiger partial charge on any atom is 0.133 e. The van der Waals surface area contributed by atoms with Crippen LogP contribution in [0.1, 0.15) is 49.9 Å². The van der Waals surface area contributed by atoms with Gasteiger partial charge in [-0.3, -0.25) is 9.69 Å². The molecular formula is C21H26N2O2. The van der Waals surface area contributed by atoms with Crippen molar-refractivity contribution < 1.29 is 9.53 Å². The van der Waals surface area contributed by atoms with Crippen LogP contribution in [0.5, 0.6) is 5.75 Å². The molecule has 3 atom stereocenters. The van der Waals surface area contributed by atoms with E-state index in [9.17, 15) is 4.79 Å². The van der Waals surface area contributed by atoms with E-state index < -0.39 is 0 Å². The number of aromatic nitrogens is 1. The molecule has 0 amide bonds. The van der Waals surface area contributed by atoms with Gasteiger partial charge in [0.05, 0.1) is 13.2 Å². The molecule has 25 heavy (non-hydrogen) atoms. The highest BCUT2D eigenvalue weighted by Gasteiger charge is 2.53. The van der Waals surface area contributed by atoms with Gasteiger partial charge in [-0.15, -0.1) is 0 Å². The molecule has 4 nitrogen and oxygen atoms in total. The highest BCUT2D eigenvalue weighted by Crippen LogP contribution is 2.57. The van der Waals surface area contributed by atoms with E-state index in [-0.39, 0.29) is 5.41 Å². The lowest BCUT2D eigenvalue weighted by Gasteiger charge is -2.56. The Bertz CT molecular complexity index is 855. The molecule has 3 aliphatic rings. The molecular weight excluding hydrogens is 312 g/mol. The van der Waals surface area contributed by atoms with Crippen LogP contribution in [0.4, 0.5) is 0 Å². The number of methoxy groups -OCH3 is 1. The number of fused-ring (bicyclic) bond motifs is 8. The van der Waals surface area contributed by atoms with Crippen LogP contribution >= 0.6 is 0 Å². The van der Waals surface area contributed by atoms with Gasteiger partial charge in [0.15, 0.2) is 0 Å². The van der Waals surface area contributed by atoms with Gasteiger partial charge in [0.25, 0.3) is 0 Å². The Morgan fingerprint density at radius 2 is 2.28 bits per heavy atom. The second-order valence-corrected chi connectivity index (χ2v) is 8.28. The fourth-order valence-corrected chi connectivity index (χ4v) is 5.97. The van der Waals surface area contributed by atoms with Crippen molar-refractivity contribution in [1.82, 2.24) is 9.88 Å². The summed E-state index contributed by atoms with van der Waals surface area (Å²) in [5.41, 5.74) is 4.12. The second-order valence-electron chi connectivity index (χ2n) is 8.28. The van der Waals surface area contributed by atoms with Gasteiger partial charge in [0.2, 0.25) is 0 Å². The first kappa shape index (κ1) is 15.4. The quantitative estimate of drug-likeness (QED) is 0.904. The van der Waals surface area contributed by atoms with Gasteiger partial charge in [0.1, 0.15) is 11.5 Å². The van der Waals surface area contributed by atoms with Crippen molar-refractivity contribution >= 4 is 16.7 Å². The van der Waals surface area contributed by atoms with Gasteiger partial charge in [0, 0.05) is 42.5 Å². The third-order valence-electron chi connectivity index (χ3n) is 6.97. The van der Waals surface area contributed by atoms with E-state index in [4.69, 9.17) is 4.74 Å². The average molecular weight is 338 g/mol. The summed E-state index contributed by atoms with van der Waals surface area (Å²) in [4.78, 5) is 18.8. The minimum Gasteiger partial charge on any atom is -0.497 e. The van der Waals surface area contributed by atoms with Crippen molar-refractivity contribution in [2.75, 3.05) is 20.2 Å². The van der Waals surface area contributed by atoms with Crippen molar-refractivity contribution in [3.63, 3.8) is 0 Å². The van der Waals surface area contributed by atoms with Gasteiger partial charge >= 0.3 is 0 Å². The zero-order valence-corrected chi connectivity index (χ0v) is 15.1. The molecule has 1 aromatic carbocycles. The summed E-state index contributed by atoms with van der Waals surface area (Å²) in [5.74, 6) is 1.95. The van der Waals surface area contributed by atoms with Gasteiger partial charge in [-0.2, -0.15) is 0 Å². The molecule has 132 valence electrons. The molecule has 4 heteroatoms. The number of ether oxygens (including phenoxy) is 1. The molecule has 2 fully saturated rings. The Morgan fingerprint density at radius 3 is 3.08 bits per heavy atom. The predicted octanol–water partition coefficient (Wildman–Crippen LogP) is 3.85. The van der Waals surface area contributed by atoms with Crippen molar-refractivity contribution in [3.8, 4) is 5.75 Å². The number of piperidine rings is 1.